The normalized spacial score (nSPS) is 11.6. The van der Waals surface area contributed by atoms with Gasteiger partial charge in [-0.05, 0) is 65.7 Å². The highest BCUT2D eigenvalue weighted by Gasteiger charge is 2.21. The summed E-state index contributed by atoms with van der Waals surface area (Å²) in [6, 6.07) is 5.28. The zero-order valence-electron chi connectivity index (χ0n) is 17.6. The van der Waals surface area contributed by atoms with Crippen molar-refractivity contribution in [1.82, 2.24) is 0 Å². The summed E-state index contributed by atoms with van der Waals surface area (Å²) in [6.07, 6.45) is 6.00. The summed E-state index contributed by atoms with van der Waals surface area (Å²) in [6.45, 7) is 10.3. The highest BCUT2D eigenvalue weighted by molar-refractivity contribution is 5.91. The summed E-state index contributed by atoms with van der Waals surface area (Å²) in [4.78, 5) is 12.5. The van der Waals surface area contributed by atoms with Crippen LogP contribution in [0.15, 0.2) is 50.7 Å². The zero-order chi connectivity index (χ0) is 20.7. The van der Waals surface area contributed by atoms with Crippen molar-refractivity contribution in [2.45, 2.75) is 53.6 Å². The van der Waals surface area contributed by atoms with Crippen molar-refractivity contribution in [3.63, 3.8) is 0 Å². The van der Waals surface area contributed by atoms with Crippen molar-refractivity contribution in [2.24, 2.45) is 0 Å². The third kappa shape index (κ3) is 5.65. The lowest BCUT2D eigenvalue weighted by atomic mass is 10.1. The molecule has 0 atom stereocenters. The van der Waals surface area contributed by atoms with E-state index in [-0.39, 0.29) is 11.9 Å². The van der Waals surface area contributed by atoms with E-state index in [1.165, 1.54) is 11.1 Å². The first kappa shape index (κ1) is 21.6. The standard InChI is InChI=1S/C23H30O5/c1-15(2)9-7-10-17(5)13-14-26-21-20-18(25-6)11-8-12-19(20)28-23(24)22(21)27-16(3)4/h8-9,11-13,16H,7,10,14H2,1-6H3/b17-13+. The average molecular weight is 386 g/mol. The smallest absolute Gasteiger partial charge is 0.383 e. The monoisotopic (exact) mass is 386 g/mol. The minimum atomic E-state index is -0.561. The van der Waals surface area contributed by atoms with Crippen LogP contribution in [0.4, 0.5) is 0 Å². The fourth-order valence-corrected chi connectivity index (χ4v) is 2.78. The van der Waals surface area contributed by atoms with Crippen molar-refractivity contribution >= 4 is 11.0 Å². The van der Waals surface area contributed by atoms with E-state index in [0.29, 0.717) is 29.1 Å². The lowest BCUT2D eigenvalue weighted by Crippen LogP contribution is -2.15. The summed E-state index contributed by atoms with van der Waals surface area (Å²) in [7, 11) is 1.57. The predicted octanol–water partition coefficient (Wildman–Crippen LogP) is 5.66. The fraction of sp³-hybridized carbons (Fsp3) is 0.435. The van der Waals surface area contributed by atoms with Gasteiger partial charge in [-0.15, -0.1) is 0 Å². The number of fused-ring (bicyclic) bond motifs is 1. The number of hydrogen-bond acceptors (Lipinski definition) is 5. The predicted molar refractivity (Wildman–Crippen MR) is 113 cm³/mol. The summed E-state index contributed by atoms with van der Waals surface area (Å²) >= 11 is 0. The van der Waals surface area contributed by atoms with E-state index in [2.05, 4.69) is 26.8 Å². The maximum atomic E-state index is 12.5. The highest BCUT2D eigenvalue weighted by atomic mass is 16.5. The molecule has 152 valence electrons. The first-order chi connectivity index (χ1) is 13.3. The first-order valence-corrected chi connectivity index (χ1v) is 9.55. The number of methoxy groups -OCH3 is 1. The molecular weight excluding hydrogens is 356 g/mol. The van der Waals surface area contributed by atoms with Gasteiger partial charge >= 0.3 is 5.63 Å². The minimum absolute atomic E-state index is 0.0718. The Labute approximate surface area is 166 Å². The molecule has 0 saturated heterocycles. The highest BCUT2D eigenvalue weighted by Crippen LogP contribution is 2.39. The van der Waals surface area contributed by atoms with Crippen molar-refractivity contribution in [1.29, 1.82) is 0 Å². The van der Waals surface area contributed by atoms with Crippen molar-refractivity contribution in [3.8, 4) is 17.2 Å². The van der Waals surface area contributed by atoms with E-state index >= 15 is 0 Å². The molecule has 2 aromatic rings. The van der Waals surface area contributed by atoms with Crippen LogP contribution in [0.25, 0.3) is 11.0 Å². The maximum Gasteiger partial charge on any atom is 0.383 e. The van der Waals surface area contributed by atoms with Gasteiger partial charge in [0.15, 0.2) is 5.75 Å². The van der Waals surface area contributed by atoms with E-state index in [0.717, 1.165) is 12.8 Å². The molecular formula is C23H30O5. The summed E-state index contributed by atoms with van der Waals surface area (Å²) in [5.74, 6) is 0.988. The van der Waals surface area contributed by atoms with Crippen molar-refractivity contribution < 1.29 is 18.6 Å². The lowest BCUT2D eigenvalue weighted by Gasteiger charge is -2.16. The SMILES string of the molecule is COc1cccc2oc(=O)c(OC(C)C)c(OC/C=C(\C)CCC=C(C)C)c12. The van der Waals surface area contributed by atoms with Gasteiger partial charge in [0.25, 0.3) is 0 Å². The van der Waals surface area contributed by atoms with Crippen LogP contribution in [0, 0.1) is 0 Å². The second-order valence-corrected chi connectivity index (χ2v) is 7.23. The third-order valence-corrected chi connectivity index (χ3v) is 4.13. The van der Waals surface area contributed by atoms with Gasteiger partial charge in [-0.25, -0.2) is 4.79 Å². The van der Waals surface area contributed by atoms with E-state index in [4.69, 9.17) is 18.6 Å². The Kier molecular flexibility index (Phi) is 7.73. The molecule has 1 aromatic heterocycles. The molecule has 0 aliphatic rings. The number of rotatable bonds is 9. The summed E-state index contributed by atoms with van der Waals surface area (Å²) < 4.78 is 22.6. The molecule has 28 heavy (non-hydrogen) atoms. The molecule has 0 saturated carbocycles. The fourth-order valence-electron chi connectivity index (χ4n) is 2.78. The Balaban J connectivity index is 2.37. The molecule has 0 aliphatic heterocycles. The van der Waals surface area contributed by atoms with Gasteiger partial charge in [0, 0.05) is 0 Å². The Morgan fingerprint density at radius 3 is 2.54 bits per heavy atom. The van der Waals surface area contributed by atoms with Crippen LogP contribution in [-0.4, -0.2) is 19.8 Å². The number of allylic oxidation sites excluding steroid dienone is 3. The quantitative estimate of drug-likeness (QED) is 0.411. The van der Waals surface area contributed by atoms with Crippen LogP contribution in [0.2, 0.25) is 0 Å². The molecule has 5 nitrogen and oxygen atoms in total. The van der Waals surface area contributed by atoms with E-state index in [9.17, 15) is 4.79 Å². The van der Waals surface area contributed by atoms with E-state index < -0.39 is 5.63 Å². The molecule has 0 fully saturated rings. The van der Waals surface area contributed by atoms with Crippen LogP contribution < -0.4 is 19.8 Å². The minimum Gasteiger partial charge on any atom is -0.496 e. The second-order valence-electron chi connectivity index (χ2n) is 7.23. The van der Waals surface area contributed by atoms with Gasteiger partial charge in [0.05, 0.1) is 13.2 Å². The molecule has 0 bridgehead atoms. The molecule has 0 amide bonds. The van der Waals surface area contributed by atoms with Crippen LogP contribution in [-0.2, 0) is 0 Å². The molecule has 1 heterocycles. The maximum absolute atomic E-state index is 12.5. The first-order valence-electron chi connectivity index (χ1n) is 9.55. The van der Waals surface area contributed by atoms with Crippen LogP contribution >= 0.6 is 0 Å². The van der Waals surface area contributed by atoms with Gasteiger partial charge in [0.2, 0.25) is 5.75 Å². The van der Waals surface area contributed by atoms with Crippen molar-refractivity contribution in [2.75, 3.05) is 13.7 Å². The van der Waals surface area contributed by atoms with E-state index in [1.54, 1.807) is 25.3 Å². The largest absolute Gasteiger partial charge is 0.496 e. The third-order valence-electron chi connectivity index (χ3n) is 4.13. The second kappa shape index (κ2) is 10.0. The Bertz CT molecular complexity index is 914. The summed E-state index contributed by atoms with van der Waals surface area (Å²) in [5, 5.41) is 0.593. The molecule has 0 aliphatic carbocycles. The molecule has 1 aromatic carbocycles. The number of benzene rings is 1. The number of hydrogen-bond donors (Lipinski definition) is 0. The zero-order valence-corrected chi connectivity index (χ0v) is 17.6. The van der Waals surface area contributed by atoms with Gasteiger partial charge in [0.1, 0.15) is 23.3 Å². The molecule has 0 radical (unpaired) electrons. The molecule has 2 rings (SSSR count). The van der Waals surface area contributed by atoms with Gasteiger partial charge < -0.3 is 18.6 Å². The Morgan fingerprint density at radius 2 is 1.89 bits per heavy atom. The molecule has 5 heteroatoms. The van der Waals surface area contributed by atoms with Gasteiger partial charge in [-0.2, -0.15) is 0 Å². The summed E-state index contributed by atoms with van der Waals surface area (Å²) in [5.41, 5.74) is 2.38. The number of ether oxygens (including phenoxy) is 3. The molecule has 0 spiro atoms. The van der Waals surface area contributed by atoms with Crippen LogP contribution in [0.1, 0.15) is 47.5 Å². The van der Waals surface area contributed by atoms with Gasteiger partial charge in [-0.3, -0.25) is 0 Å². The van der Waals surface area contributed by atoms with Crippen LogP contribution in [0.3, 0.4) is 0 Å². The Morgan fingerprint density at radius 1 is 1.14 bits per heavy atom. The van der Waals surface area contributed by atoms with Gasteiger partial charge in [-0.1, -0.05) is 23.3 Å². The topological polar surface area (TPSA) is 57.9 Å². The van der Waals surface area contributed by atoms with E-state index in [1.807, 2.05) is 19.9 Å². The van der Waals surface area contributed by atoms with Crippen molar-refractivity contribution in [3.05, 3.63) is 51.9 Å². The Hall–Kier alpha value is -2.69. The molecule has 0 unspecified atom stereocenters. The molecule has 0 N–H and O–H groups in total. The van der Waals surface area contributed by atoms with Crippen LogP contribution in [0.5, 0.6) is 17.2 Å². The lowest BCUT2D eigenvalue weighted by molar-refractivity contribution is 0.216. The average Bonchev–Trinajstić information content (AvgIpc) is 2.62.